The van der Waals surface area contributed by atoms with Crippen LogP contribution in [0.1, 0.15) is 27.4 Å². The predicted molar refractivity (Wildman–Crippen MR) is 74.4 cm³/mol. The summed E-state index contributed by atoms with van der Waals surface area (Å²) in [5, 5.41) is 0. The lowest BCUT2D eigenvalue weighted by Crippen LogP contribution is -2.29. The van der Waals surface area contributed by atoms with Gasteiger partial charge in [0, 0.05) is 18.0 Å². The normalized spacial score (nSPS) is 15.3. The third-order valence-electron chi connectivity index (χ3n) is 3.10. The second-order valence-electron chi connectivity index (χ2n) is 5.09. The minimum absolute atomic E-state index is 0.206. The van der Waals surface area contributed by atoms with E-state index in [0.717, 1.165) is 30.6 Å². The molecule has 0 unspecified atom stereocenters. The average Bonchev–Trinajstić information content (AvgIpc) is 3.05. The molecule has 0 aromatic carbocycles. The Morgan fingerprint density at radius 2 is 2.28 bits per heavy atom. The number of aryl methyl sites for hydroxylation is 1. The number of thiophene rings is 1. The summed E-state index contributed by atoms with van der Waals surface area (Å²) < 4.78 is 5.57. The summed E-state index contributed by atoms with van der Waals surface area (Å²) >= 11 is 1.57. The van der Waals surface area contributed by atoms with Crippen molar-refractivity contribution >= 4 is 17.1 Å². The molecular formula is C14H21NO2S. The van der Waals surface area contributed by atoms with Gasteiger partial charge in [-0.25, -0.2) is 0 Å². The van der Waals surface area contributed by atoms with E-state index in [1.165, 1.54) is 17.7 Å². The zero-order chi connectivity index (χ0) is 13.0. The molecule has 1 aromatic rings. The molecule has 4 heteroatoms. The van der Waals surface area contributed by atoms with Gasteiger partial charge in [0.1, 0.15) is 0 Å². The molecular weight excluding hydrogens is 246 g/mol. The number of hydrogen-bond acceptors (Lipinski definition) is 4. The van der Waals surface area contributed by atoms with Crippen molar-refractivity contribution in [3.63, 3.8) is 0 Å². The maximum absolute atomic E-state index is 11.9. The zero-order valence-electron chi connectivity index (χ0n) is 11.1. The summed E-state index contributed by atoms with van der Waals surface area (Å²) in [6, 6.07) is 3.91. The average molecular weight is 267 g/mol. The van der Waals surface area contributed by atoms with E-state index in [0.29, 0.717) is 6.54 Å². The second kappa shape index (κ2) is 6.45. The maximum atomic E-state index is 11.9. The summed E-state index contributed by atoms with van der Waals surface area (Å²) in [7, 11) is 1.97. The van der Waals surface area contributed by atoms with Crippen LogP contribution in [0.3, 0.4) is 0 Å². The molecule has 0 atom stereocenters. The van der Waals surface area contributed by atoms with Gasteiger partial charge < -0.3 is 4.74 Å². The minimum atomic E-state index is 0.206. The Morgan fingerprint density at radius 3 is 2.89 bits per heavy atom. The molecule has 0 amide bonds. The third kappa shape index (κ3) is 4.52. The van der Waals surface area contributed by atoms with Crippen molar-refractivity contribution in [2.75, 3.05) is 33.4 Å². The van der Waals surface area contributed by atoms with Crippen molar-refractivity contribution in [1.82, 2.24) is 4.90 Å². The van der Waals surface area contributed by atoms with E-state index in [2.05, 4.69) is 0 Å². The number of carbonyl (C=O) groups excluding carboxylic acids is 1. The summed E-state index contributed by atoms with van der Waals surface area (Å²) in [6.07, 6.45) is 2.65. The standard InChI is InChI=1S/C14H21NO2S/c1-11-3-6-14(18-11)13(16)9-15(2)7-8-17-10-12-4-5-12/h3,6,12H,4-5,7-10H2,1-2H3. The number of ether oxygens (including phenoxy) is 1. The first-order chi connectivity index (χ1) is 8.65. The lowest BCUT2D eigenvalue weighted by Gasteiger charge is -2.15. The Balaban J connectivity index is 1.63. The number of ketones is 1. The molecule has 1 aliphatic carbocycles. The van der Waals surface area contributed by atoms with Gasteiger partial charge in [-0.2, -0.15) is 0 Å². The van der Waals surface area contributed by atoms with Gasteiger partial charge in [-0.05, 0) is 44.9 Å². The molecule has 1 fully saturated rings. The first-order valence-electron chi connectivity index (χ1n) is 6.51. The van der Waals surface area contributed by atoms with Crippen LogP contribution in [0.4, 0.5) is 0 Å². The highest BCUT2D eigenvalue weighted by Crippen LogP contribution is 2.28. The van der Waals surface area contributed by atoms with E-state index in [4.69, 9.17) is 4.74 Å². The lowest BCUT2D eigenvalue weighted by atomic mass is 10.3. The minimum Gasteiger partial charge on any atom is -0.380 e. The number of likely N-dealkylation sites (N-methyl/N-ethyl adjacent to an activating group) is 1. The highest BCUT2D eigenvalue weighted by molar-refractivity contribution is 7.14. The Morgan fingerprint density at radius 1 is 1.50 bits per heavy atom. The number of rotatable bonds is 8. The molecule has 1 aliphatic rings. The molecule has 0 N–H and O–H groups in total. The molecule has 0 aliphatic heterocycles. The number of nitrogens with zero attached hydrogens (tertiary/aromatic N) is 1. The molecule has 2 rings (SSSR count). The monoisotopic (exact) mass is 267 g/mol. The van der Waals surface area contributed by atoms with Crippen LogP contribution in [0.2, 0.25) is 0 Å². The maximum Gasteiger partial charge on any atom is 0.186 e. The highest BCUT2D eigenvalue weighted by atomic mass is 32.1. The topological polar surface area (TPSA) is 29.5 Å². The SMILES string of the molecule is Cc1ccc(C(=O)CN(C)CCOCC2CC2)s1. The van der Waals surface area contributed by atoms with E-state index in [9.17, 15) is 4.79 Å². The Kier molecular flexibility index (Phi) is 4.92. The van der Waals surface area contributed by atoms with Gasteiger partial charge in [-0.1, -0.05) is 0 Å². The molecule has 1 saturated carbocycles. The van der Waals surface area contributed by atoms with Gasteiger partial charge in [-0.15, -0.1) is 11.3 Å². The van der Waals surface area contributed by atoms with Crippen molar-refractivity contribution in [3.8, 4) is 0 Å². The summed E-state index contributed by atoms with van der Waals surface area (Å²) in [5.41, 5.74) is 0. The van der Waals surface area contributed by atoms with Gasteiger partial charge in [0.2, 0.25) is 0 Å². The second-order valence-corrected chi connectivity index (χ2v) is 6.38. The van der Waals surface area contributed by atoms with Gasteiger partial charge >= 0.3 is 0 Å². The van der Waals surface area contributed by atoms with Gasteiger partial charge in [-0.3, -0.25) is 9.69 Å². The van der Waals surface area contributed by atoms with Crippen LogP contribution in [-0.4, -0.2) is 44.0 Å². The summed E-state index contributed by atoms with van der Waals surface area (Å²) in [4.78, 5) is 16.0. The Labute approximate surface area is 113 Å². The van der Waals surface area contributed by atoms with Crippen molar-refractivity contribution in [2.24, 2.45) is 5.92 Å². The van der Waals surface area contributed by atoms with Crippen LogP contribution in [0.15, 0.2) is 12.1 Å². The van der Waals surface area contributed by atoms with Crippen molar-refractivity contribution in [1.29, 1.82) is 0 Å². The number of Topliss-reactive ketones (excluding diaryl/α,β-unsaturated/α-hetero) is 1. The highest BCUT2D eigenvalue weighted by Gasteiger charge is 2.21. The fourth-order valence-corrected chi connectivity index (χ4v) is 2.54. The van der Waals surface area contributed by atoms with Crippen LogP contribution in [-0.2, 0) is 4.74 Å². The quantitative estimate of drug-likeness (QED) is 0.535. The lowest BCUT2D eigenvalue weighted by molar-refractivity contribution is 0.0864. The molecule has 0 spiro atoms. The van der Waals surface area contributed by atoms with Gasteiger partial charge in [0.15, 0.2) is 5.78 Å². The molecule has 100 valence electrons. The van der Waals surface area contributed by atoms with Crippen LogP contribution in [0.25, 0.3) is 0 Å². The van der Waals surface area contributed by atoms with E-state index in [-0.39, 0.29) is 5.78 Å². The zero-order valence-corrected chi connectivity index (χ0v) is 12.0. The van der Waals surface area contributed by atoms with E-state index in [1.54, 1.807) is 11.3 Å². The van der Waals surface area contributed by atoms with Crippen LogP contribution in [0, 0.1) is 12.8 Å². The van der Waals surface area contributed by atoms with E-state index < -0.39 is 0 Å². The third-order valence-corrected chi connectivity index (χ3v) is 4.14. The molecule has 18 heavy (non-hydrogen) atoms. The predicted octanol–water partition coefficient (Wildman–Crippen LogP) is 2.60. The van der Waals surface area contributed by atoms with Gasteiger partial charge in [0.25, 0.3) is 0 Å². The largest absolute Gasteiger partial charge is 0.380 e. The molecule has 0 saturated heterocycles. The van der Waals surface area contributed by atoms with Crippen molar-refractivity contribution in [2.45, 2.75) is 19.8 Å². The first kappa shape index (κ1) is 13.7. The first-order valence-corrected chi connectivity index (χ1v) is 7.32. The fraction of sp³-hybridized carbons (Fsp3) is 0.643. The molecule has 0 radical (unpaired) electrons. The van der Waals surface area contributed by atoms with Crippen molar-refractivity contribution < 1.29 is 9.53 Å². The molecule has 1 heterocycles. The molecule has 1 aromatic heterocycles. The van der Waals surface area contributed by atoms with Crippen LogP contribution in [0.5, 0.6) is 0 Å². The summed E-state index contributed by atoms with van der Waals surface area (Å²) in [6.45, 7) is 4.95. The van der Waals surface area contributed by atoms with E-state index in [1.807, 2.05) is 31.0 Å². The molecule has 0 bridgehead atoms. The smallest absolute Gasteiger partial charge is 0.186 e. The van der Waals surface area contributed by atoms with Crippen molar-refractivity contribution in [3.05, 3.63) is 21.9 Å². The number of carbonyl (C=O) groups is 1. The number of hydrogen-bond donors (Lipinski definition) is 0. The Hall–Kier alpha value is -0.710. The van der Waals surface area contributed by atoms with Crippen LogP contribution < -0.4 is 0 Å². The van der Waals surface area contributed by atoms with Crippen LogP contribution >= 0.6 is 11.3 Å². The van der Waals surface area contributed by atoms with Gasteiger partial charge in [0.05, 0.1) is 18.0 Å². The Bertz CT molecular complexity index is 398. The summed E-state index contributed by atoms with van der Waals surface area (Å²) in [5.74, 6) is 1.02. The van der Waals surface area contributed by atoms with E-state index >= 15 is 0 Å². The molecule has 3 nitrogen and oxygen atoms in total. The fourth-order valence-electron chi connectivity index (χ4n) is 1.74.